The summed E-state index contributed by atoms with van der Waals surface area (Å²) in [7, 11) is 0. The van der Waals surface area contributed by atoms with E-state index in [2.05, 4.69) is 10.3 Å². The number of esters is 1. The normalized spacial score (nSPS) is 19.6. The minimum absolute atomic E-state index is 0.302. The fraction of sp³-hybridized carbons (Fsp3) is 0.500. The molecule has 8 heteroatoms. The average molecular weight is 401 g/mol. The Balaban J connectivity index is 1.49. The summed E-state index contributed by atoms with van der Waals surface area (Å²) in [5.41, 5.74) is 0.294. The molecule has 1 aromatic carbocycles. The predicted octanol–water partition coefficient (Wildman–Crippen LogP) is 2.88. The zero-order chi connectivity index (χ0) is 19.7. The minimum Gasteiger partial charge on any atom is -0.452 e. The van der Waals surface area contributed by atoms with Gasteiger partial charge in [-0.2, -0.15) is 0 Å². The molecule has 2 fully saturated rings. The molecule has 148 valence electrons. The summed E-state index contributed by atoms with van der Waals surface area (Å²) in [6.45, 7) is 2.26. The van der Waals surface area contributed by atoms with Gasteiger partial charge in [0.2, 0.25) is 0 Å². The standard InChI is InChI=1S/C20H23N3O4S/c1-13(17(24)23-11-10-21-19(23)26)27-18(25)20(8-4-5-9-20)12-16-22-14-6-2-3-7-15(14)28-16/h2-3,6-7,13H,4-5,8-12H2,1H3,(H,21,26)/t13-/m1/s1. The van der Waals surface area contributed by atoms with E-state index in [4.69, 9.17) is 4.74 Å². The number of nitrogens with zero attached hydrogens (tertiary/aromatic N) is 2. The largest absolute Gasteiger partial charge is 0.452 e. The first-order valence-corrected chi connectivity index (χ1v) is 10.4. The number of hydrogen-bond acceptors (Lipinski definition) is 6. The van der Waals surface area contributed by atoms with Gasteiger partial charge in [0.25, 0.3) is 5.91 Å². The van der Waals surface area contributed by atoms with Crippen LogP contribution < -0.4 is 5.32 Å². The molecule has 2 aliphatic rings. The van der Waals surface area contributed by atoms with E-state index in [-0.39, 0.29) is 5.97 Å². The van der Waals surface area contributed by atoms with Crippen LogP contribution in [-0.4, -0.2) is 47.0 Å². The van der Waals surface area contributed by atoms with Gasteiger partial charge in [-0.15, -0.1) is 11.3 Å². The third kappa shape index (κ3) is 3.48. The zero-order valence-corrected chi connectivity index (χ0v) is 16.6. The fourth-order valence-electron chi connectivity index (χ4n) is 4.03. The number of carbonyl (C=O) groups is 3. The summed E-state index contributed by atoms with van der Waals surface area (Å²) >= 11 is 1.60. The number of benzene rings is 1. The molecular weight excluding hydrogens is 378 g/mol. The van der Waals surface area contributed by atoms with E-state index >= 15 is 0 Å². The van der Waals surface area contributed by atoms with E-state index in [1.54, 1.807) is 11.3 Å². The smallest absolute Gasteiger partial charge is 0.324 e. The Morgan fingerprint density at radius 1 is 1.32 bits per heavy atom. The van der Waals surface area contributed by atoms with Crippen molar-refractivity contribution in [2.45, 2.75) is 45.1 Å². The maximum atomic E-state index is 13.1. The Morgan fingerprint density at radius 2 is 2.07 bits per heavy atom. The summed E-state index contributed by atoms with van der Waals surface area (Å²) in [5.74, 6) is -0.832. The Hall–Kier alpha value is -2.48. The van der Waals surface area contributed by atoms with Gasteiger partial charge in [0.05, 0.1) is 20.6 Å². The second-order valence-corrected chi connectivity index (χ2v) is 8.62. The van der Waals surface area contributed by atoms with Crippen LogP contribution in [-0.2, 0) is 20.7 Å². The van der Waals surface area contributed by atoms with Crippen LogP contribution in [0.5, 0.6) is 0 Å². The Labute approximate surface area is 167 Å². The third-order valence-electron chi connectivity index (χ3n) is 5.58. The summed E-state index contributed by atoms with van der Waals surface area (Å²) in [5, 5.41) is 3.50. The van der Waals surface area contributed by atoms with E-state index in [1.165, 1.54) is 6.92 Å². The summed E-state index contributed by atoms with van der Waals surface area (Å²) in [4.78, 5) is 43.0. The number of nitrogens with one attached hydrogen (secondary N) is 1. The van der Waals surface area contributed by atoms with Crippen molar-refractivity contribution >= 4 is 39.5 Å². The number of ether oxygens (including phenoxy) is 1. The van der Waals surface area contributed by atoms with Crippen LogP contribution in [0.15, 0.2) is 24.3 Å². The van der Waals surface area contributed by atoms with Crippen LogP contribution in [0.25, 0.3) is 10.2 Å². The maximum Gasteiger partial charge on any atom is 0.324 e. The van der Waals surface area contributed by atoms with Crippen molar-refractivity contribution in [3.05, 3.63) is 29.3 Å². The molecule has 4 rings (SSSR count). The van der Waals surface area contributed by atoms with Gasteiger partial charge in [0.1, 0.15) is 0 Å². The molecule has 1 aliphatic heterocycles. The molecule has 1 saturated carbocycles. The molecular formula is C20H23N3O4S. The number of amides is 3. The van der Waals surface area contributed by atoms with Gasteiger partial charge in [-0.25, -0.2) is 9.78 Å². The first kappa shape index (κ1) is 18.9. The van der Waals surface area contributed by atoms with Gasteiger partial charge < -0.3 is 10.1 Å². The molecule has 0 spiro atoms. The lowest BCUT2D eigenvalue weighted by molar-refractivity contribution is -0.166. The van der Waals surface area contributed by atoms with Crippen LogP contribution in [0, 0.1) is 5.41 Å². The lowest BCUT2D eigenvalue weighted by atomic mass is 9.83. The highest BCUT2D eigenvalue weighted by atomic mass is 32.1. The number of para-hydroxylation sites is 1. The molecule has 1 atom stereocenters. The third-order valence-corrected chi connectivity index (χ3v) is 6.61. The maximum absolute atomic E-state index is 13.1. The molecule has 1 saturated heterocycles. The Bertz CT molecular complexity index is 886. The van der Waals surface area contributed by atoms with Crippen molar-refractivity contribution < 1.29 is 19.1 Å². The van der Waals surface area contributed by atoms with Crippen LogP contribution in [0.2, 0.25) is 0 Å². The van der Waals surface area contributed by atoms with Crippen molar-refractivity contribution in [3.8, 4) is 0 Å². The van der Waals surface area contributed by atoms with E-state index in [0.29, 0.717) is 19.5 Å². The van der Waals surface area contributed by atoms with Crippen molar-refractivity contribution in [1.29, 1.82) is 0 Å². The predicted molar refractivity (Wildman–Crippen MR) is 105 cm³/mol. The highest BCUT2D eigenvalue weighted by Crippen LogP contribution is 2.43. The van der Waals surface area contributed by atoms with Crippen molar-refractivity contribution in [1.82, 2.24) is 15.2 Å². The number of imide groups is 1. The van der Waals surface area contributed by atoms with Crippen molar-refractivity contribution in [2.24, 2.45) is 5.41 Å². The molecule has 1 aromatic heterocycles. The summed E-state index contributed by atoms with van der Waals surface area (Å²) < 4.78 is 6.67. The van der Waals surface area contributed by atoms with E-state index in [1.807, 2.05) is 24.3 Å². The van der Waals surface area contributed by atoms with Crippen LogP contribution >= 0.6 is 11.3 Å². The number of fused-ring (bicyclic) bond motifs is 1. The number of carbonyl (C=O) groups excluding carboxylic acids is 3. The molecule has 1 N–H and O–H groups in total. The monoisotopic (exact) mass is 401 g/mol. The Morgan fingerprint density at radius 3 is 2.75 bits per heavy atom. The highest BCUT2D eigenvalue weighted by molar-refractivity contribution is 7.18. The molecule has 7 nitrogen and oxygen atoms in total. The number of hydrogen-bond donors (Lipinski definition) is 1. The van der Waals surface area contributed by atoms with E-state index in [0.717, 1.165) is 45.8 Å². The van der Waals surface area contributed by atoms with Crippen LogP contribution in [0.4, 0.5) is 4.79 Å². The number of aromatic nitrogens is 1. The lowest BCUT2D eigenvalue weighted by Crippen LogP contribution is -2.44. The molecule has 3 amide bonds. The van der Waals surface area contributed by atoms with Gasteiger partial charge in [-0.05, 0) is 31.9 Å². The van der Waals surface area contributed by atoms with Gasteiger partial charge >= 0.3 is 12.0 Å². The Kier molecular flexibility index (Phi) is 5.05. The van der Waals surface area contributed by atoms with Gasteiger partial charge in [0.15, 0.2) is 6.10 Å². The van der Waals surface area contributed by atoms with Crippen molar-refractivity contribution in [2.75, 3.05) is 13.1 Å². The van der Waals surface area contributed by atoms with Crippen molar-refractivity contribution in [3.63, 3.8) is 0 Å². The minimum atomic E-state index is -0.982. The number of urea groups is 1. The van der Waals surface area contributed by atoms with E-state index in [9.17, 15) is 14.4 Å². The van der Waals surface area contributed by atoms with Crippen LogP contribution in [0.1, 0.15) is 37.6 Å². The molecule has 2 aromatic rings. The van der Waals surface area contributed by atoms with Gasteiger partial charge in [0, 0.05) is 19.5 Å². The second kappa shape index (κ2) is 7.50. The zero-order valence-electron chi connectivity index (χ0n) is 15.8. The molecule has 0 unspecified atom stereocenters. The summed E-state index contributed by atoms with van der Waals surface area (Å²) in [6.07, 6.45) is 2.91. The summed E-state index contributed by atoms with van der Waals surface area (Å²) in [6, 6.07) is 7.49. The quantitative estimate of drug-likeness (QED) is 0.779. The first-order chi connectivity index (χ1) is 13.5. The van der Waals surface area contributed by atoms with E-state index < -0.39 is 23.5 Å². The number of rotatable bonds is 5. The van der Waals surface area contributed by atoms with Gasteiger partial charge in [-0.3, -0.25) is 14.5 Å². The number of thiazole rings is 1. The SMILES string of the molecule is C[C@@H](OC(=O)C1(Cc2nc3ccccc3s2)CCCC1)C(=O)N1CCNC1=O. The lowest BCUT2D eigenvalue weighted by Gasteiger charge is -2.28. The molecule has 2 heterocycles. The molecule has 1 aliphatic carbocycles. The fourth-order valence-corrected chi connectivity index (χ4v) is 5.14. The van der Waals surface area contributed by atoms with Gasteiger partial charge in [-0.1, -0.05) is 25.0 Å². The second-order valence-electron chi connectivity index (χ2n) is 7.51. The topological polar surface area (TPSA) is 88.6 Å². The highest BCUT2D eigenvalue weighted by Gasteiger charge is 2.45. The molecule has 0 radical (unpaired) electrons. The molecule has 28 heavy (non-hydrogen) atoms. The average Bonchev–Trinajstić information content (AvgIpc) is 3.40. The molecule has 0 bridgehead atoms. The first-order valence-electron chi connectivity index (χ1n) is 9.63. The van der Waals surface area contributed by atoms with Crippen LogP contribution in [0.3, 0.4) is 0 Å².